The molecule has 0 bridgehead atoms. The average molecular weight is 434 g/mol. The van der Waals surface area contributed by atoms with Gasteiger partial charge in [-0.05, 0) is 37.1 Å². The molecule has 30 heavy (non-hydrogen) atoms. The van der Waals surface area contributed by atoms with Gasteiger partial charge in [-0.25, -0.2) is 8.42 Å². The van der Waals surface area contributed by atoms with Gasteiger partial charge in [-0.3, -0.25) is 14.9 Å². The number of hydrogen-bond donors (Lipinski definition) is 0. The molecule has 1 amide bonds. The monoisotopic (exact) mass is 433 g/mol. The smallest absolute Gasteiger partial charge is 0.269 e. The number of carbonyl (C=O) groups is 1. The van der Waals surface area contributed by atoms with Crippen molar-refractivity contribution in [1.29, 1.82) is 0 Å². The SMILES string of the molecule is CCN(CC)S(=O)(=O)c1cc(C(=O)N(C)C(C)c2cccc([N+](=O)[O-])c2)ccc1C. The molecule has 0 aromatic heterocycles. The summed E-state index contributed by atoms with van der Waals surface area (Å²) in [4.78, 5) is 25.2. The van der Waals surface area contributed by atoms with Crippen LogP contribution in [0.3, 0.4) is 0 Å². The maximum Gasteiger partial charge on any atom is 0.269 e. The number of amides is 1. The minimum absolute atomic E-state index is 0.0527. The predicted molar refractivity (Wildman–Crippen MR) is 115 cm³/mol. The van der Waals surface area contributed by atoms with Crippen LogP contribution in [-0.2, 0) is 10.0 Å². The Bertz CT molecular complexity index is 1050. The van der Waals surface area contributed by atoms with Crippen molar-refractivity contribution in [2.45, 2.75) is 38.6 Å². The molecule has 0 saturated carbocycles. The Balaban J connectivity index is 2.39. The maximum absolute atomic E-state index is 13.1. The minimum atomic E-state index is -3.71. The van der Waals surface area contributed by atoms with Crippen LogP contribution in [0.15, 0.2) is 47.4 Å². The highest BCUT2D eigenvalue weighted by atomic mass is 32.2. The summed E-state index contributed by atoms with van der Waals surface area (Å²) < 4.78 is 27.3. The van der Waals surface area contributed by atoms with Gasteiger partial charge >= 0.3 is 0 Å². The molecule has 0 radical (unpaired) electrons. The minimum Gasteiger partial charge on any atom is -0.335 e. The van der Waals surface area contributed by atoms with Gasteiger partial charge in [0.2, 0.25) is 10.0 Å². The molecule has 1 unspecified atom stereocenters. The predicted octanol–water partition coefficient (Wildman–Crippen LogP) is 3.77. The highest BCUT2D eigenvalue weighted by Crippen LogP contribution is 2.26. The van der Waals surface area contributed by atoms with Gasteiger partial charge in [0, 0.05) is 37.8 Å². The number of aryl methyl sites for hydroxylation is 1. The number of sulfonamides is 1. The van der Waals surface area contributed by atoms with Crippen molar-refractivity contribution >= 4 is 21.6 Å². The van der Waals surface area contributed by atoms with Crippen LogP contribution in [0.4, 0.5) is 5.69 Å². The van der Waals surface area contributed by atoms with E-state index in [4.69, 9.17) is 0 Å². The topological polar surface area (TPSA) is 101 Å². The van der Waals surface area contributed by atoms with Crippen LogP contribution in [0.1, 0.15) is 48.3 Å². The third-order valence-corrected chi connectivity index (χ3v) is 7.41. The first-order valence-electron chi connectivity index (χ1n) is 9.66. The molecule has 0 aliphatic carbocycles. The van der Waals surface area contributed by atoms with E-state index in [9.17, 15) is 23.3 Å². The van der Waals surface area contributed by atoms with E-state index in [0.717, 1.165) is 0 Å². The molecular weight excluding hydrogens is 406 g/mol. The van der Waals surface area contributed by atoms with Crippen LogP contribution >= 0.6 is 0 Å². The van der Waals surface area contributed by atoms with Crippen molar-refractivity contribution in [3.63, 3.8) is 0 Å². The molecule has 0 saturated heterocycles. The van der Waals surface area contributed by atoms with Crippen LogP contribution in [-0.4, -0.2) is 48.6 Å². The van der Waals surface area contributed by atoms with E-state index in [-0.39, 0.29) is 22.1 Å². The van der Waals surface area contributed by atoms with E-state index in [0.29, 0.717) is 24.2 Å². The lowest BCUT2D eigenvalue weighted by Crippen LogP contribution is -2.32. The number of rotatable bonds is 8. The van der Waals surface area contributed by atoms with Crippen molar-refractivity contribution in [2.24, 2.45) is 0 Å². The highest BCUT2D eigenvalue weighted by molar-refractivity contribution is 7.89. The summed E-state index contributed by atoms with van der Waals surface area (Å²) in [6.45, 7) is 7.65. The number of carbonyl (C=O) groups excluding carboxylic acids is 1. The van der Waals surface area contributed by atoms with E-state index in [1.54, 1.807) is 59.0 Å². The molecular formula is C21H27N3O5S. The van der Waals surface area contributed by atoms with Gasteiger partial charge in [-0.15, -0.1) is 0 Å². The number of nitro benzene ring substituents is 1. The lowest BCUT2D eigenvalue weighted by atomic mass is 10.0. The van der Waals surface area contributed by atoms with Crippen molar-refractivity contribution in [2.75, 3.05) is 20.1 Å². The molecule has 0 N–H and O–H groups in total. The van der Waals surface area contributed by atoms with Crippen molar-refractivity contribution < 1.29 is 18.1 Å². The molecule has 2 rings (SSSR count). The molecule has 0 aliphatic rings. The van der Waals surface area contributed by atoms with Gasteiger partial charge in [-0.1, -0.05) is 32.0 Å². The van der Waals surface area contributed by atoms with Gasteiger partial charge < -0.3 is 4.90 Å². The summed E-state index contributed by atoms with van der Waals surface area (Å²) in [5, 5.41) is 11.0. The lowest BCUT2D eigenvalue weighted by Gasteiger charge is -2.26. The fourth-order valence-corrected chi connectivity index (χ4v) is 4.92. The number of nitrogens with zero attached hydrogens (tertiary/aromatic N) is 3. The molecule has 1 atom stereocenters. The maximum atomic E-state index is 13.1. The quantitative estimate of drug-likeness (QED) is 0.466. The number of nitro groups is 1. The van der Waals surface area contributed by atoms with Gasteiger partial charge in [0.1, 0.15) is 0 Å². The van der Waals surface area contributed by atoms with E-state index >= 15 is 0 Å². The van der Waals surface area contributed by atoms with Crippen LogP contribution in [0.2, 0.25) is 0 Å². The third-order valence-electron chi connectivity index (χ3n) is 5.22. The first kappa shape index (κ1) is 23.5. The Kier molecular flexibility index (Phi) is 7.33. The van der Waals surface area contributed by atoms with Crippen molar-refractivity contribution in [1.82, 2.24) is 9.21 Å². The van der Waals surface area contributed by atoms with Crippen LogP contribution < -0.4 is 0 Å². The Morgan fingerprint density at radius 1 is 1.13 bits per heavy atom. The Morgan fingerprint density at radius 2 is 1.77 bits per heavy atom. The van der Waals surface area contributed by atoms with Gasteiger partial charge in [0.05, 0.1) is 15.9 Å². The normalized spacial score (nSPS) is 12.6. The van der Waals surface area contributed by atoms with Crippen molar-refractivity contribution in [3.8, 4) is 0 Å². The molecule has 0 aliphatic heterocycles. The molecule has 2 aromatic carbocycles. The van der Waals surface area contributed by atoms with E-state index < -0.39 is 21.0 Å². The summed E-state index contributed by atoms with van der Waals surface area (Å²) in [5.41, 5.74) is 1.37. The molecule has 8 nitrogen and oxygen atoms in total. The fourth-order valence-electron chi connectivity index (χ4n) is 3.21. The number of hydrogen-bond acceptors (Lipinski definition) is 5. The average Bonchev–Trinajstić information content (AvgIpc) is 2.73. The van der Waals surface area contributed by atoms with E-state index in [2.05, 4.69) is 0 Å². The second kappa shape index (κ2) is 9.36. The molecule has 162 valence electrons. The van der Waals surface area contributed by atoms with Crippen LogP contribution in [0, 0.1) is 17.0 Å². The van der Waals surface area contributed by atoms with E-state index in [1.165, 1.54) is 27.4 Å². The number of benzene rings is 2. The Hall–Kier alpha value is -2.78. The first-order chi connectivity index (χ1) is 14.0. The molecule has 9 heteroatoms. The Morgan fingerprint density at radius 3 is 2.33 bits per heavy atom. The standard InChI is InChI=1S/C21H27N3O5S/c1-6-23(7-2)30(28,29)20-14-18(12-11-15(20)3)21(25)22(5)16(4)17-9-8-10-19(13-17)24(26)27/h8-14,16H,6-7H2,1-5H3. The summed E-state index contributed by atoms with van der Waals surface area (Å²) in [7, 11) is -2.13. The Labute approximate surface area is 177 Å². The fraction of sp³-hybridized carbons (Fsp3) is 0.381. The highest BCUT2D eigenvalue weighted by Gasteiger charge is 2.26. The second-order valence-electron chi connectivity index (χ2n) is 7.01. The summed E-state index contributed by atoms with van der Waals surface area (Å²) >= 11 is 0. The molecule has 0 heterocycles. The zero-order valence-electron chi connectivity index (χ0n) is 17.8. The third kappa shape index (κ3) is 4.68. The zero-order chi connectivity index (χ0) is 22.6. The van der Waals surface area contributed by atoms with Gasteiger partial charge in [0.15, 0.2) is 0 Å². The van der Waals surface area contributed by atoms with Gasteiger partial charge in [-0.2, -0.15) is 4.31 Å². The van der Waals surface area contributed by atoms with E-state index in [1.807, 2.05) is 0 Å². The first-order valence-corrected chi connectivity index (χ1v) is 11.1. The van der Waals surface area contributed by atoms with Crippen LogP contribution in [0.5, 0.6) is 0 Å². The van der Waals surface area contributed by atoms with Gasteiger partial charge in [0.25, 0.3) is 11.6 Å². The van der Waals surface area contributed by atoms with Crippen molar-refractivity contribution in [3.05, 3.63) is 69.3 Å². The largest absolute Gasteiger partial charge is 0.335 e. The summed E-state index contributed by atoms with van der Waals surface area (Å²) in [6.07, 6.45) is 0. The summed E-state index contributed by atoms with van der Waals surface area (Å²) in [6, 6.07) is 10.3. The number of non-ortho nitro benzene ring substituents is 1. The second-order valence-corrected chi connectivity index (χ2v) is 8.92. The zero-order valence-corrected chi connectivity index (χ0v) is 18.6. The molecule has 2 aromatic rings. The van der Waals surface area contributed by atoms with Crippen LogP contribution in [0.25, 0.3) is 0 Å². The molecule has 0 spiro atoms. The molecule has 0 fully saturated rings. The lowest BCUT2D eigenvalue weighted by molar-refractivity contribution is -0.384. The summed E-state index contributed by atoms with van der Waals surface area (Å²) in [5.74, 6) is -0.370.